The zero-order valence-electron chi connectivity index (χ0n) is 18.4. The predicted molar refractivity (Wildman–Crippen MR) is 118 cm³/mol. The lowest BCUT2D eigenvalue weighted by atomic mass is 9.68. The average Bonchev–Trinajstić information content (AvgIpc) is 3.45. The van der Waals surface area contributed by atoms with E-state index in [1.807, 2.05) is 18.5 Å². The van der Waals surface area contributed by atoms with Crippen molar-refractivity contribution in [2.24, 2.45) is 0 Å². The molecule has 5 rings (SSSR count). The third-order valence-electron chi connectivity index (χ3n) is 8.03. The molecular formula is C25H36N4O. The third-order valence-corrected chi connectivity index (χ3v) is 8.03. The van der Waals surface area contributed by atoms with Gasteiger partial charge in [0.05, 0.1) is 17.3 Å². The second-order valence-corrected chi connectivity index (χ2v) is 9.76. The van der Waals surface area contributed by atoms with Gasteiger partial charge in [0.2, 0.25) is 0 Å². The zero-order chi connectivity index (χ0) is 20.4. The van der Waals surface area contributed by atoms with Crippen LogP contribution in [-0.4, -0.2) is 33.5 Å². The van der Waals surface area contributed by atoms with Gasteiger partial charge in [0.1, 0.15) is 0 Å². The molecule has 2 fully saturated rings. The number of nitrogens with one attached hydrogen (secondary N) is 1. The van der Waals surface area contributed by atoms with E-state index >= 15 is 0 Å². The largest absolute Gasteiger partial charge is 0.375 e. The van der Waals surface area contributed by atoms with E-state index in [-0.39, 0.29) is 11.0 Å². The SMILES string of the molecule is CCC1CCC(NCC[C@@]2(c3ccccn3)CCOC3(CCCC3)C2)c2ccnn21. The lowest BCUT2D eigenvalue weighted by Gasteiger charge is -2.46. The minimum absolute atomic E-state index is 0.0908. The molecule has 0 bridgehead atoms. The number of rotatable bonds is 6. The Bertz CT molecular complexity index is 829. The van der Waals surface area contributed by atoms with E-state index in [1.165, 1.54) is 49.9 Å². The van der Waals surface area contributed by atoms with Crippen LogP contribution in [0.5, 0.6) is 0 Å². The molecule has 162 valence electrons. The first kappa shape index (κ1) is 20.2. The molecule has 1 spiro atoms. The third kappa shape index (κ3) is 3.71. The van der Waals surface area contributed by atoms with Crippen molar-refractivity contribution in [2.75, 3.05) is 13.2 Å². The van der Waals surface area contributed by atoms with Crippen molar-refractivity contribution in [1.29, 1.82) is 0 Å². The molecule has 5 heteroatoms. The van der Waals surface area contributed by atoms with Gasteiger partial charge in [0.25, 0.3) is 0 Å². The van der Waals surface area contributed by atoms with E-state index < -0.39 is 0 Å². The number of hydrogen-bond acceptors (Lipinski definition) is 4. The Labute approximate surface area is 180 Å². The van der Waals surface area contributed by atoms with Crippen LogP contribution in [0.2, 0.25) is 0 Å². The lowest BCUT2D eigenvalue weighted by molar-refractivity contribution is -0.104. The monoisotopic (exact) mass is 408 g/mol. The fourth-order valence-electron chi connectivity index (χ4n) is 6.40. The number of pyridine rings is 1. The van der Waals surface area contributed by atoms with Crippen LogP contribution in [-0.2, 0) is 10.2 Å². The molecule has 2 aromatic rings. The van der Waals surface area contributed by atoms with Gasteiger partial charge in [0.15, 0.2) is 0 Å². The zero-order valence-corrected chi connectivity index (χ0v) is 18.4. The molecule has 30 heavy (non-hydrogen) atoms. The van der Waals surface area contributed by atoms with Gasteiger partial charge < -0.3 is 10.1 Å². The van der Waals surface area contributed by atoms with E-state index in [0.29, 0.717) is 12.1 Å². The Kier molecular flexibility index (Phi) is 5.67. The van der Waals surface area contributed by atoms with Gasteiger partial charge in [-0.05, 0) is 76.1 Å². The average molecular weight is 409 g/mol. The van der Waals surface area contributed by atoms with E-state index in [0.717, 1.165) is 38.8 Å². The van der Waals surface area contributed by atoms with Crippen LogP contribution in [0, 0.1) is 0 Å². The Morgan fingerprint density at radius 3 is 2.83 bits per heavy atom. The summed E-state index contributed by atoms with van der Waals surface area (Å²) < 4.78 is 8.66. The molecule has 3 aliphatic rings. The maximum absolute atomic E-state index is 6.40. The van der Waals surface area contributed by atoms with Crippen LogP contribution in [0.25, 0.3) is 0 Å². The van der Waals surface area contributed by atoms with Crippen molar-refractivity contribution in [3.63, 3.8) is 0 Å². The predicted octanol–water partition coefficient (Wildman–Crippen LogP) is 5.11. The maximum Gasteiger partial charge on any atom is 0.0691 e. The summed E-state index contributed by atoms with van der Waals surface area (Å²) in [6, 6.07) is 9.61. The van der Waals surface area contributed by atoms with Gasteiger partial charge in [0, 0.05) is 36.2 Å². The first-order chi connectivity index (χ1) is 14.7. The second-order valence-electron chi connectivity index (χ2n) is 9.76. The number of fused-ring (bicyclic) bond motifs is 1. The molecule has 0 aromatic carbocycles. The first-order valence-electron chi connectivity index (χ1n) is 12.1. The minimum atomic E-state index is 0.0908. The van der Waals surface area contributed by atoms with Crippen molar-refractivity contribution in [3.05, 3.63) is 48.0 Å². The Balaban J connectivity index is 1.32. The minimum Gasteiger partial charge on any atom is -0.375 e. The molecule has 2 unspecified atom stereocenters. The summed E-state index contributed by atoms with van der Waals surface area (Å²) in [5.41, 5.74) is 2.84. The van der Waals surface area contributed by atoms with Gasteiger partial charge in [-0.1, -0.05) is 25.8 Å². The second kappa shape index (κ2) is 8.43. The summed E-state index contributed by atoms with van der Waals surface area (Å²) >= 11 is 0. The fraction of sp³-hybridized carbons (Fsp3) is 0.680. The molecule has 0 radical (unpaired) electrons. The van der Waals surface area contributed by atoms with Crippen molar-refractivity contribution < 1.29 is 4.74 Å². The normalized spacial score (nSPS) is 30.4. The molecule has 1 N–H and O–H groups in total. The summed E-state index contributed by atoms with van der Waals surface area (Å²) in [5.74, 6) is 0. The molecule has 2 aromatic heterocycles. The van der Waals surface area contributed by atoms with Gasteiger partial charge in [-0.2, -0.15) is 5.10 Å². The van der Waals surface area contributed by atoms with E-state index in [4.69, 9.17) is 9.72 Å². The summed E-state index contributed by atoms with van der Waals surface area (Å²) in [4.78, 5) is 4.85. The number of hydrogen-bond donors (Lipinski definition) is 1. The number of nitrogens with zero attached hydrogens (tertiary/aromatic N) is 3. The van der Waals surface area contributed by atoms with Crippen molar-refractivity contribution in [2.45, 2.75) is 94.2 Å². The van der Waals surface area contributed by atoms with Crippen LogP contribution in [0.1, 0.15) is 94.6 Å². The first-order valence-corrected chi connectivity index (χ1v) is 12.1. The highest BCUT2D eigenvalue weighted by Crippen LogP contribution is 2.49. The molecule has 3 atom stereocenters. The maximum atomic E-state index is 6.40. The Hall–Kier alpha value is -1.72. The van der Waals surface area contributed by atoms with Crippen LogP contribution in [0.15, 0.2) is 36.7 Å². The van der Waals surface area contributed by atoms with Crippen LogP contribution < -0.4 is 5.32 Å². The quantitative estimate of drug-likeness (QED) is 0.722. The lowest BCUT2D eigenvalue weighted by Crippen LogP contribution is -2.47. The smallest absolute Gasteiger partial charge is 0.0691 e. The molecular weight excluding hydrogens is 372 g/mol. The molecule has 0 amide bonds. The van der Waals surface area contributed by atoms with E-state index in [9.17, 15) is 0 Å². The topological polar surface area (TPSA) is 52.0 Å². The number of aromatic nitrogens is 3. The Morgan fingerprint density at radius 1 is 1.13 bits per heavy atom. The molecule has 1 saturated carbocycles. The van der Waals surface area contributed by atoms with E-state index in [1.54, 1.807) is 0 Å². The number of ether oxygens (including phenoxy) is 1. The van der Waals surface area contributed by atoms with Gasteiger partial charge in [-0.3, -0.25) is 9.67 Å². The van der Waals surface area contributed by atoms with Crippen molar-refractivity contribution >= 4 is 0 Å². The highest BCUT2D eigenvalue weighted by atomic mass is 16.5. The van der Waals surface area contributed by atoms with Crippen molar-refractivity contribution in [1.82, 2.24) is 20.1 Å². The van der Waals surface area contributed by atoms with Gasteiger partial charge >= 0.3 is 0 Å². The fourth-order valence-corrected chi connectivity index (χ4v) is 6.40. The highest BCUT2D eigenvalue weighted by molar-refractivity contribution is 5.21. The van der Waals surface area contributed by atoms with Gasteiger partial charge in [-0.15, -0.1) is 0 Å². The van der Waals surface area contributed by atoms with Crippen LogP contribution in [0.4, 0.5) is 0 Å². The standard InChI is InChI=1S/C25H36N4O/c1-2-20-8-9-21(22-10-16-28-29(20)22)26-17-13-24(23-7-3-6-15-27-23)14-18-30-25(19-24)11-4-5-12-25/h3,6-7,10,15-16,20-21,26H,2,4-5,8-9,11-14,17-19H2,1H3/t20?,21?,24-/m1/s1. The Morgan fingerprint density at radius 2 is 2.03 bits per heavy atom. The summed E-state index contributed by atoms with van der Waals surface area (Å²) in [5, 5.41) is 8.52. The highest BCUT2D eigenvalue weighted by Gasteiger charge is 2.48. The van der Waals surface area contributed by atoms with Crippen LogP contribution in [0.3, 0.4) is 0 Å². The van der Waals surface area contributed by atoms with Crippen LogP contribution >= 0.6 is 0 Å². The molecule has 2 aliphatic heterocycles. The molecule has 1 saturated heterocycles. The van der Waals surface area contributed by atoms with Gasteiger partial charge in [-0.25, -0.2) is 0 Å². The van der Waals surface area contributed by atoms with Crippen molar-refractivity contribution in [3.8, 4) is 0 Å². The summed E-state index contributed by atoms with van der Waals surface area (Å²) in [6.45, 7) is 4.15. The van der Waals surface area contributed by atoms with E-state index in [2.05, 4.69) is 40.2 Å². The molecule has 1 aliphatic carbocycles. The molecule has 5 nitrogen and oxygen atoms in total. The molecule has 4 heterocycles. The summed E-state index contributed by atoms with van der Waals surface area (Å²) in [6.07, 6.45) is 15.9. The summed E-state index contributed by atoms with van der Waals surface area (Å²) in [7, 11) is 0.